The molecule has 1 amide bonds. The molecule has 0 unspecified atom stereocenters. The summed E-state index contributed by atoms with van der Waals surface area (Å²) >= 11 is 0. The van der Waals surface area contributed by atoms with Crippen LogP contribution in [0.3, 0.4) is 0 Å². The second-order valence-corrected chi connectivity index (χ2v) is 7.62. The van der Waals surface area contributed by atoms with Crippen molar-refractivity contribution < 1.29 is 19.7 Å². The van der Waals surface area contributed by atoms with E-state index in [-0.39, 0.29) is 36.6 Å². The third-order valence-corrected chi connectivity index (χ3v) is 5.11. The number of nitrogens with zero attached hydrogens (tertiary/aromatic N) is 2. The van der Waals surface area contributed by atoms with Crippen molar-refractivity contribution in [1.29, 1.82) is 0 Å². The molecular formula is C22H29N3O4. The Hall–Kier alpha value is -2.64. The number of aromatic hydroxyl groups is 1. The van der Waals surface area contributed by atoms with Crippen LogP contribution in [-0.2, 0) is 11.3 Å². The highest BCUT2D eigenvalue weighted by molar-refractivity contribution is 5.79. The number of benzene rings is 1. The summed E-state index contributed by atoms with van der Waals surface area (Å²) in [4.78, 5) is 19.0. The molecule has 2 heterocycles. The summed E-state index contributed by atoms with van der Waals surface area (Å²) in [6.07, 6.45) is 2.46. The molecule has 2 atom stereocenters. The van der Waals surface area contributed by atoms with Gasteiger partial charge in [0.25, 0.3) is 0 Å². The lowest BCUT2D eigenvalue weighted by atomic mass is 9.88. The summed E-state index contributed by atoms with van der Waals surface area (Å²) in [7, 11) is 0. The van der Waals surface area contributed by atoms with Crippen molar-refractivity contribution in [3.05, 3.63) is 53.9 Å². The highest BCUT2D eigenvalue weighted by Crippen LogP contribution is 2.25. The van der Waals surface area contributed by atoms with Gasteiger partial charge in [0.2, 0.25) is 5.91 Å². The van der Waals surface area contributed by atoms with Crippen LogP contribution < -0.4 is 10.1 Å². The van der Waals surface area contributed by atoms with Gasteiger partial charge in [-0.15, -0.1) is 0 Å². The number of nitrogens with one attached hydrogen (secondary N) is 1. The minimum Gasteiger partial charge on any atom is -0.508 e. The van der Waals surface area contributed by atoms with Crippen LogP contribution in [0.1, 0.15) is 17.7 Å². The fourth-order valence-corrected chi connectivity index (χ4v) is 3.68. The second-order valence-electron chi connectivity index (χ2n) is 7.62. The lowest BCUT2D eigenvalue weighted by molar-refractivity contribution is -0.128. The number of aryl methyl sites for hydroxylation is 1. The molecular weight excluding hydrogens is 370 g/mol. The molecule has 0 bridgehead atoms. The van der Waals surface area contributed by atoms with E-state index in [1.165, 1.54) is 0 Å². The number of hydrogen-bond acceptors (Lipinski definition) is 6. The number of phenolic OH excluding ortho intramolecular Hbond substituents is 1. The number of likely N-dealkylation sites (tertiary alicyclic amines) is 1. The van der Waals surface area contributed by atoms with Crippen molar-refractivity contribution in [2.45, 2.75) is 19.9 Å². The van der Waals surface area contributed by atoms with Gasteiger partial charge < -0.3 is 20.3 Å². The monoisotopic (exact) mass is 399 g/mol. The molecule has 1 aliphatic rings. The van der Waals surface area contributed by atoms with Gasteiger partial charge in [-0.2, -0.15) is 0 Å². The van der Waals surface area contributed by atoms with E-state index in [0.29, 0.717) is 19.7 Å². The van der Waals surface area contributed by atoms with Crippen molar-refractivity contribution in [2.24, 2.45) is 11.8 Å². The van der Waals surface area contributed by atoms with Gasteiger partial charge >= 0.3 is 0 Å². The number of aliphatic hydroxyl groups is 1. The highest BCUT2D eigenvalue weighted by atomic mass is 16.5. The number of rotatable bonds is 8. The van der Waals surface area contributed by atoms with Gasteiger partial charge in [0.05, 0.1) is 25.3 Å². The third kappa shape index (κ3) is 6.44. The first-order valence-electron chi connectivity index (χ1n) is 9.97. The Bertz CT molecular complexity index is 780. The van der Waals surface area contributed by atoms with E-state index < -0.39 is 0 Å². The van der Waals surface area contributed by atoms with Gasteiger partial charge in [-0.3, -0.25) is 14.7 Å². The molecule has 1 aromatic carbocycles. The Morgan fingerprint density at radius 2 is 2.03 bits per heavy atom. The van der Waals surface area contributed by atoms with Gasteiger partial charge in [0, 0.05) is 37.8 Å². The Kier molecular flexibility index (Phi) is 7.43. The molecule has 7 heteroatoms. The van der Waals surface area contributed by atoms with Crippen LogP contribution in [0.2, 0.25) is 0 Å². The molecule has 0 radical (unpaired) electrons. The van der Waals surface area contributed by atoms with Crippen LogP contribution in [-0.4, -0.2) is 58.9 Å². The number of hydrogen-bond donors (Lipinski definition) is 3. The Balaban J connectivity index is 1.64. The minimum atomic E-state index is -0.155. The zero-order valence-corrected chi connectivity index (χ0v) is 16.8. The van der Waals surface area contributed by atoms with Crippen LogP contribution >= 0.6 is 0 Å². The molecule has 1 aromatic heterocycles. The molecule has 1 aliphatic heterocycles. The lowest BCUT2D eigenvalue weighted by Crippen LogP contribution is -2.47. The summed E-state index contributed by atoms with van der Waals surface area (Å²) in [6.45, 7) is 4.83. The average molecular weight is 399 g/mol. The SMILES string of the molecule is Cc1ccc(OC[C@H]2C[C@@H](C(=O)NCCO)CN(Cc3ccc(O)cc3)C2)cn1. The molecule has 2 aromatic rings. The van der Waals surface area contributed by atoms with Crippen molar-refractivity contribution >= 4 is 5.91 Å². The van der Waals surface area contributed by atoms with E-state index in [1.807, 2.05) is 31.2 Å². The van der Waals surface area contributed by atoms with E-state index in [2.05, 4.69) is 15.2 Å². The number of amides is 1. The topological polar surface area (TPSA) is 94.9 Å². The standard InChI is InChI=1S/C22H29N3O4/c1-16-2-7-21(11-24-16)29-15-18-10-19(22(28)23-8-9-26)14-25(13-18)12-17-3-5-20(27)6-4-17/h2-7,11,18-19,26-27H,8-10,12-15H2,1H3,(H,23,28)/t18-,19+/m0/s1. The zero-order valence-electron chi connectivity index (χ0n) is 16.8. The summed E-state index contributed by atoms with van der Waals surface area (Å²) in [5.41, 5.74) is 2.03. The highest BCUT2D eigenvalue weighted by Gasteiger charge is 2.32. The number of carbonyl (C=O) groups is 1. The van der Waals surface area contributed by atoms with Crippen LogP contribution in [0.15, 0.2) is 42.6 Å². The largest absolute Gasteiger partial charge is 0.508 e. The molecule has 156 valence electrons. The van der Waals surface area contributed by atoms with Crippen molar-refractivity contribution in [2.75, 3.05) is 32.8 Å². The fourth-order valence-electron chi connectivity index (χ4n) is 3.68. The van der Waals surface area contributed by atoms with E-state index in [9.17, 15) is 9.90 Å². The predicted octanol–water partition coefficient (Wildman–Crippen LogP) is 1.72. The summed E-state index contributed by atoms with van der Waals surface area (Å²) in [5, 5.41) is 21.3. The number of carbonyl (C=O) groups excluding carboxylic acids is 1. The molecule has 0 saturated carbocycles. The van der Waals surface area contributed by atoms with Crippen LogP contribution in [0, 0.1) is 18.8 Å². The Morgan fingerprint density at radius 1 is 1.24 bits per heavy atom. The quantitative estimate of drug-likeness (QED) is 0.626. The molecule has 7 nitrogen and oxygen atoms in total. The first-order valence-corrected chi connectivity index (χ1v) is 9.97. The molecule has 1 fully saturated rings. The van der Waals surface area contributed by atoms with E-state index in [1.54, 1.807) is 18.3 Å². The van der Waals surface area contributed by atoms with Gasteiger partial charge in [-0.05, 0) is 43.2 Å². The number of pyridine rings is 1. The first kappa shape index (κ1) is 21.1. The van der Waals surface area contributed by atoms with Gasteiger partial charge in [0.1, 0.15) is 11.5 Å². The van der Waals surface area contributed by atoms with Gasteiger partial charge in [0.15, 0.2) is 0 Å². The third-order valence-electron chi connectivity index (χ3n) is 5.11. The fraction of sp³-hybridized carbons (Fsp3) is 0.455. The average Bonchev–Trinajstić information content (AvgIpc) is 2.73. The minimum absolute atomic E-state index is 0.0311. The number of aliphatic hydroxyl groups excluding tert-OH is 1. The first-order chi connectivity index (χ1) is 14.0. The van der Waals surface area contributed by atoms with Crippen molar-refractivity contribution in [3.8, 4) is 11.5 Å². The maximum Gasteiger partial charge on any atom is 0.224 e. The predicted molar refractivity (Wildman–Crippen MR) is 110 cm³/mol. The number of ether oxygens (including phenoxy) is 1. The van der Waals surface area contributed by atoms with E-state index >= 15 is 0 Å². The Labute approximate surface area is 171 Å². The van der Waals surface area contributed by atoms with Crippen molar-refractivity contribution in [3.63, 3.8) is 0 Å². The van der Waals surface area contributed by atoms with Crippen LogP contribution in [0.25, 0.3) is 0 Å². The second kappa shape index (κ2) is 10.2. The number of phenols is 1. The maximum absolute atomic E-state index is 12.5. The van der Waals surface area contributed by atoms with Gasteiger partial charge in [-0.1, -0.05) is 12.1 Å². The molecule has 3 N–H and O–H groups in total. The molecule has 29 heavy (non-hydrogen) atoms. The normalized spacial score (nSPS) is 19.7. The Morgan fingerprint density at radius 3 is 2.72 bits per heavy atom. The number of piperidine rings is 1. The summed E-state index contributed by atoms with van der Waals surface area (Å²) < 4.78 is 5.93. The van der Waals surface area contributed by atoms with E-state index in [4.69, 9.17) is 9.84 Å². The lowest BCUT2D eigenvalue weighted by Gasteiger charge is -2.37. The van der Waals surface area contributed by atoms with Crippen LogP contribution in [0.4, 0.5) is 0 Å². The maximum atomic E-state index is 12.5. The number of aromatic nitrogens is 1. The smallest absolute Gasteiger partial charge is 0.224 e. The summed E-state index contributed by atoms with van der Waals surface area (Å²) in [6, 6.07) is 11.0. The summed E-state index contributed by atoms with van der Waals surface area (Å²) in [5.74, 6) is 0.986. The van der Waals surface area contributed by atoms with E-state index in [0.717, 1.165) is 30.0 Å². The van der Waals surface area contributed by atoms with Gasteiger partial charge in [-0.25, -0.2) is 0 Å². The van der Waals surface area contributed by atoms with Crippen LogP contribution in [0.5, 0.6) is 11.5 Å². The molecule has 1 saturated heterocycles. The molecule has 3 rings (SSSR count). The van der Waals surface area contributed by atoms with Crippen molar-refractivity contribution in [1.82, 2.24) is 15.2 Å². The molecule has 0 spiro atoms. The molecule has 0 aliphatic carbocycles. The zero-order chi connectivity index (χ0) is 20.6.